The summed E-state index contributed by atoms with van der Waals surface area (Å²) in [6, 6.07) is 24.4. The molecule has 0 aromatic heterocycles. The molecule has 3 aromatic carbocycles. The largest absolute Gasteiger partial charge is 0.542 e. The molecule has 9 nitrogen and oxygen atoms in total. The Morgan fingerprint density at radius 1 is 0.979 bits per heavy atom. The van der Waals surface area contributed by atoms with Gasteiger partial charge >= 0.3 is 6.18 Å². The van der Waals surface area contributed by atoms with E-state index in [1.165, 1.54) is 17.5 Å². The van der Waals surface area contributed by atoms with Crippen LogP contribution in [0, 0.1) is 0 Å². The second-order valence-corrected chi connectivity index (χ2v) is 13.5. The van der Waals surface area contributed by atoms with Gasteiger partial charge in [-0.3, -0.25) is 14.6 Å². The van der Waals surface area contributed by atoms with E-state index < -0.39 is 12.1 Å². The van der Waals surface area contributed by atoms with Crippen LogP contribution in [-0.4, -0.2) is 105 Å². The van der Waals surface area contributed by atoms with Crippen LogP contribution in [-0.2, 0) is 24.4 Å². The highest BCUT2D eigenvalue weighted by Gasteiger charge is 2.37. The summed E-state index contributed by atoms with van der Waals surface area (Å²) in [6.45, 7) is 9.05. The van der Waals surface area contributed by atoms with E-state index in [1.807, 2.05) is 30.3 Å². The number of halogens is 3. The molecule has 1 amide bonds. The number of ether oxygens (including phenoxy) is 1. The molecule has 258 valence electrons. The topological polar surface area (TPSA) is 97.0 Å². The highest BCUT2D eigenvalue weighted by molar-refractivity contribution is 5.94. The number of rotatable bonds is 9. The van der Waals surface area contributed by atoms with E-state index >= 15 is 0 Å². The molecule has 3 fully saturated rings. The molecule has 0 radical (unpaired) electrons. The minimum Gasteiger partial charge on any atom is -0.542 e. The monoisotopic (exact) mass is 667 g/mol. The van der Waals surface area contributed by atoms with Gasteiger partial charge in [-0.1, -0.05) is 36.4 Å². The number of hydrogen-bond donors (Lipinski definition) is 2. The number of likely N-dealkylation sites (tertiary alicyclic amines) is 1. The molecule has 2 bridgehead atoms. The van der Waals surface area contributed by atoms with Crippen LogP contribution in [0.4, 0.5) is 13.2 Å². The Morgan fingerprint density at radius 3 is 2.29 bits per heavy atom. The molecular formula is C36H44F3N5O4. The molecule has 2 atom stereocenters. The summed E-state index contributed by atoms with van der Waals surface area (Å²) < 4.78 is 38.4. The normalized spacial score (nSPS) is 20.5. The van der Waals surface area contributed by atoms with Gasteiger partial charge in [-0.25, -0.2) is 0 Å². The van der Waals surface area contributed by atoms with Crippen LogP contribution < -0.4 is 20.5 Å². The third kappa shape index (κ3) is 9.34. The Labute approximate surface area is 279 Å². The molecule has 3 heterocycles. The molecule has 6 rings (SSSR count). The van der Waals surface area contributed by atoms with Gasteiger partial charge in [0.1, 0.15) is 11.7 Å². The first kappa shape index (κ1) is 35.3. The van der Waals surface area contributed by atoms with Crippen LogP contribution in [0.5, 0.6) is 5.75 Å². The molecule has 2 N–H and O–H groups in total. The van der Waals surface area contributed by atoms with Crippen molar-refractivity contribution in [2.24, 2.45) is 0 Å². The van der Waals surface area contributed by atoms with Crippen LogP contribution in [0.25, 0.3) is 11.1 Å². The van der Waals surface area contributed by atoms with Gasteiger partial charge in [0, 0.05) is 69.0 Å². The van der Waals surface area contributed by atoms with E-state index in [4.69, 9.17) is 14.6 Å². The van der Waals surface area contributed by atoms with Gasteiger partial charge in [0.25, 0.3) is 5.91 Å². The molecule has 3 aliphatic heterocycles. The number of methoxy groups -OCH3 is 1. The zero-order valence-corrected chi connectivity index (χ0v) is 27.7. The fraction of sp³-hybridized carbons (Fsp3) is 0.444. The van der Waals surface area contributed by atoms with Crippen LogP contribution in [0.3, 0.4) is 0 Å². The average molecular weight is 668 g/mol. The van der Waals surface area contributed by atoms with Gasteiger partial charge in [-0.05, 0) is 59.0 Å². The van der Waals surface area contributed by atoms with Gasteiger partial charge in [0.15, 0.2) is 0 Å². The van der Waals surface area contributed by atoms with Crippen molar-refractivity contribution in [2.45, 2.75) is 44.3 Å². The average Bonchev–Trinajstić information content (AvgIpc) is 3.68. The number of carboxylic acid groups (broad SMARTS) is 1. The first-order chi connectivity index (χ1) is 22.8. The maximum Gasteiger partial charge on any atom is 0.430 e. The molecule has 0 aliphatic carbocycles. The minimum absolute atomic E-state index is 0.0444. The second kappa shape index (κ2) is 15.1. The van der Waals surface area contributed by atoms with Crippen molar-refractivity contribution < 1.29 is 37.1 Å². The first-order valence-corrected chi connectivity index (χ1v) is 16.2. The standard InChI is InChI=1S/C34H43N5O2.C2HF3O2/c1-39(2)14-12-37(13-15-39)22-26-6-5-9-29(17-26)34(40)36-20-25-10-11-33(41-3)32(18-25)28-8-4-7-27(16-28)23-38-24-30-19-31(38)21-35-30;3-2(4,5)1(6)7/h4-11,16-18,30-31,35H,12-15,19-24H2,1-3H3;(H,6,7)/t30-,31-;/m0./s1. The smallest absolute Gasteiger partial charge is 0.430 e. The van der Waals surface area contributed by atoms with Crippen molar-refractivity contribution in [1.82, 2.24) is 20.4 Å². The van der Waals surface area contributed by atoms with Gasteiger partial charge in [-0.2, -0.15) is 13.2 Å². The predicted octanol–water partition coefficient (Wildman–Crippen LogP) is 3.03. The molecule has 0 spiro atoms. The van der Waals surface area contributed by atoms with Crippen molar-refractivity contribution >= 4 is 11.9 Å². The summed E-state index contributed by atoms with van der Waals surface area (Å²) in [5.41, 5.74) is 6.46. The van der Waals surface area contributed by atoms with Crippen molar-refractivity contribution in [2.75, 3.05) is 60.5 Å². The molecule has 12 heteroatoms. The molecule has 3 aromatic rings. The lowest BCUT2D eigenvalue weighted by Crippen LogP contribution is -2.54. The molecule has 48 heavy (non-hydrogen) atoms. The number of nitrogens with one attached hydrogen (secondary N) is 2. The number of fused-ring (bicyclic) bond motifs is 2. The Balaban J connectivity index is 0.000000582. The third-order valence-corrected chi connectivity index (χ3v) is 9.38. The lowest BCUT2D eigenvalue weighted by Gasteiger charge is -2.39. The number of carbonyl (C=O) groups excluding carboxylic acids is 2. The second-order valence-electron chi connectivity index (χ2n) is 13.5. The Hall–Kier alpha value is -3.97. The lowest BCUT2D eigenvalue weighted by molar-refractivity contribution is -0.894. The lowest BCUT2D eigenvalue weighted by atomic mass is 9.99. The van der Waals surface area contributed by atoms with Gasteiger partial charge in [-0.15, -0.1) is 0 Å². The summed E-state index contributed by atoms with van der Waals surface area (Å²) in [5.74, 6) is -2.21. The fourth-order valence-electron chi connectivity index (χ4n) is 6.56. The van der Waals surface area contributed by atoms with Crippen molar-refractivity contribution in [3.05, 3.63) is 89.0 Å². The number of piperazine rings is 2. The Morgan fingerprint density at radius 2 is 1.67 bits per heavy atom. The molecular weight excluding hydrogens is 623 g/mol. The van der Waals surface area contributed by atoms with E-state index in [-0.39, 0.29) is 5.91 Å². The maximum absolute atomic E-state index is 13.1. The number of hydrogen-bond acceptors (Lipinski definition) is 7. The zero-order valence-electron chi connectivity index (χ0n) is 27.7. The van der Waals surface area contributed by atoms with E-state index in [2.05, 4.69) is 70.9 Å². The van der Waals surface area contributed by atoms with E-state index in [0.29, 0.717) is 24.2 Å². The number of amides is 1. The number of benzene rings is 3. The SMILES string of the molecule is COc1ccc(CNC(=O)c2cccc(CN3CC[N+](C)(C)CC3)c2)cc1-c1cccc(CN2C[C@@H]3C[C@H]2CN3)c1.O=C([O-])C(F)(F)F. The van der Waals surface area contributed by atoms with E-state index in [9.17, 15) is 18.0 Å². The highest BCUT2D eigenvalue weighted by atomic mass is 19.4. The van der Waals surface area contributed by atoms with Crippen LogP contribution >= 0.6 is 0 Å². The highest BCUT2D eigenvalue weighted by Crippen LogP contribution is 2.33. The van der Waals surface area contributed by atoms with Crippen molar-refractivity contribution in [3.8, 4) is 16.9 Å². The van der Waals surface area contributed by atoms with Crippen molar-refractivity contribution in [3.63, 3.8) is 0 Å². The number of aliphatic carboxylic acids is 1. The van der Waals surface area contributed by atoms with Gasteiger partial charge in [0.2, 0.25) is 0 Å². The molecule has 0 saturated carbocycles. The van der Waals surface area contributed by atoms with E-state index in [0.717, 1.165) is 79.3 Å². The first-order valence-electron chi connectivity index (χ1n) is 16.2. The summed E-state index contributed by atoms with van der Waals surface area (Å²) in [6.07, 6.45) is -3.93. The third-order valence-electron chi connectivity index (χ3n) is 9.38. The zero-order chi connectivity index (χ0) is 34.5. The Bertz CT molecular complexity index is 1590. The number of alkyl halides is 3. The number of likely N-dealkylation sites (N-methyl/N-ethyl adjacent to an activating group) is 1. The minimum atomic E-state index is -5.19. The number of nitrogens with zero attached hydrogens (tertiary/aromatic N) is 3. The number of carbonyl (C=O) groups is 2. The van der Waals surface area contributed by atoms with Crippen LogP contribution in [0.15, 0.2) is 66.7 Å². The molecule has 3 aliphatic rings. The summed E-state index contributed by atoms with van der Waals surface area (Å²) in [7, 11) is 6.30. The molecule has 3 saturated heterocycles. The number of quaternary nitrogens is 1. The quantitative estimate of drug-likeness (QED) is 0.339. The maximum atomic E-state index is 13.1. The number of carboxylic acids is 1. The van der Waals surface area contributed by atoms with Crippen molar-refractivity contribution in [1.29, 1.82) is 0 Å². The predicted molar refractivity (Wildman–Crippen MR) is 175 cm³/mol. The van der Waals surface area contributed by atoms with Gasteiger partial charge in [0.05, 0.1) is 34.3 Å². The van der Waals surface area contributed by atoms with E-state index in [1.54, 1.807) is 7.11 Å². The summed E-state index contributed by atoms with van der Waals surface area (Å²) in [5, 5.41) is 15.5. The van der Waals surface area contributed by atoms with Gasteiger partial charge < -0.3 is 29.8 Å². The van der Waals surface area contributed by atoms with Crippen LogP contribution in [0.2, 0.25) is 0 Å². The summed E-state index contributed by atoms with van der Waals surface area (Å²) in [4.78, 5) is 27.0. The fourth-order valence-corrected chi connectivity index (χ4v) is 6.56. The Kier molecular flexibility index (Phi) is 11.1. The van der Waals surface area contributed by atoms with Crippen LogP contribution in [0.1, 0.15) is 33.5 Å². The summed E-state index contributed by atoms with van der Waals surface area (Å²) >= 11 is 0. The molecule has 0 unspecified atom stereocenters.